The lowest BCUT2D eigenvalue weighted by atomic mass is 10.0. The Morgan fingerprint density at radius 2 is 1.48 bits per heavy atom. The van der Waals surface area contributed by atoms with E-state index in [0.29, 0.717) is 4.90 Å². The van der Waals surface area contributed by atoms with Crippen molar-refractivity contribution >= 4 is 20.7 Å². The Bertz CT molecular complexity index is 1190. The topological polar surface area (TPSA) is 49.9 Å². The summed E-state index contributed by atoms with van der Waals surface area (Å²) >= 11 is 0. The van der Waals surface area contributed by atoms with Gasteiger partial charge in [0.2, 0.25) is 0 Å². The fraction of sp³-hybridized carbons (Fsp3) is 0.130. The van der Waals surface area contributed by atoms with Crippen LogP contribution in [0, 0.1) is 13.8 Å². The number of hydrogen-bond donors (Lipinski definition) is 1. The van der Waals surface area contributed by atoms with Gasteiger partial charge in [-0.2, -0.15) is 0 Å². The molecule has 3 nitrogen and oxygen atoms in total. The van der Waals surface area contributed by atoms with Gasteiger partial charge in [0.25, 0.3) is 0 Å². The number of hydrogen-bond acceptors (Lipinski definition) is 2. The zero-order chi connectivity index (χ0) is 19.0. The van der Waals surface area contributed by atoms with Crippen molar-refractivity contribution < 1.29 is 8.42 Å². The van der Waals surface area contributed by atoms with E-state index in [-0.39, 0.29) is 0 Å². The van der Waals surface area contributed by atoms with Crippen LogP contribution in [0.2, 0.25) is 0 Å². The van der Waals surface area contributed by atoms with Crippen molar-refractivity contribution in [1.29, 1.82) is 0 Å². The van der Waals surface area contributed by atoms with Gasteiger partial charge in [-0.3, -0.25) is 0 Å². The molecule has 1 heterocycles. The van der Waals surface area contributed by atoms with Gasteiger partial charge in [-0.25, -0.2) is 8.42 Å². The Labute approximate surface area is 159 Å². The average Bonchev–Trinajstić information content (AvgIpc) is 3.06. The second-order valence-electron chi connectivity index (χ2n) is 6.94. The number of rotatable bonds is 4. The number of nitrogens with one attached hydrogen (secondary N) is 1. The lowest BCUT2D eigenvalue weighted by molar-refractivity contribution is 0.589. The highest BCUT2D eigenvalue weighted by atomic mass is 32.2. The van der Waals surface area contributed by atoms with E-state index in [4.69, 9.17) is 0 Å². The normalized spacial score (nSPS) is 13.0. The lowest BCUT2D eigenvalue weighted by Gasteiger charge is -2.18. The first kappa shape index (κ1) is 17.6. The third-order valence-electron chi connectivity index (χ3n) is 4.91. The molecule has 0 aliphatic heterocycles. The number of H-pyrrole nitrogens is 1. The zero-order valence-electron chi connectivity index (χ0n) is 15.3. The van der Waals surface area contributed by atoms with E-state index in [1.54, 1.807) is 12.1 Å². The van der Waals surface area contributed by atoms with Gasteiger partial charge in [0, 0.05) is 22.7 Å². The Morgan fingerprint density at radius 3 is 2.19 bits per heavy atom. The van der Waals surface area contributed by atoms with E-state index in [1.807, 2.05) is 80.7 Å². The molecule has 0 saturated heterocycles. The molecule has 0 amide bonds. The molecule has 4 heteroatoms. The summed E-state index contributed by atoms with van der Waals surface area (Å²) in [6.45, 7) is 3.97. The Hall–Kier alpha value is -2.85. The quantitative estimate of drug-likeness (QED) is 0.523. The van der Waals surface area contributed by atoms with Gasteiger partial charge >= 0.3 is 0 Å². The third kappa shape index (κ3) is 3.17. The monoisotopic (exact) mass is 375 g/mol. The average molecular weight is 375 g/mol. The Kier molecular flexibility index (Phi) is 4.36. The van der Waals surface area contributed by atoms with Crippen molar-refractivity contribution in [1.82, 2.24) is 4.98 Å². The maximum atomic E-state index is 13.7. The molecule has 1 unspecified atom stereocenters. The van der Waals surface area contributed by atoms with Crippen LogP contribution in [0.25, 0.3) is 10.9 Å². The van der Waals surface area contributed by atoms with Crippen LogP contribution < -0.4 is 0 Å². The summed E-state index contributed by atoms with van der Waals surface area (Å²) in [5.41, 5.74) is 4.62. The fourth-order valence-corrected chi connectivity index (χ4v) is 5.32. The molecule has 0 aliphatic carbocycles. The highest BCUT2D eigenvalue weighted by Crippen LogP contribution is 2.38. The van der Waals surface area contributed by atoms with E-state index in [2.05, 4.69) is 4.98 Å². The van der Waals surface area contributed by atoms with E-state index in [1.165, 1.54) is 0 Å². The van der Waals surface area contributed by atoms with Crippen LogP contribution in [-0.2, 0) is 9.84 Å². The number of sulfone groups is 1. The first-order chi connectivity index (χ1) is 13.0. The lowest BCUT2D eigenvalue weighted by Crippen LogP contribution is -2.15. The summed E-state index contributed by atoms with van der Waals surface area (Å²) in [6, 6.07) is 22.6. The fourth-order valence-electron chi connectivity index (χ4n) is 3.49. The maximum Gasteiger partial charge on any atom is 0.189 e. The second kappa shape index (κ2) is 6.71. The number of aryl methyl sites for hydroxylation is 2. The van der Waals surface area contributed by atoms with E-state index < -0.39 is 15.1 Å². The van der Waals surface area contributed by atoms with Gasteiger partial charge in [0.15, 0.2) is 9.84 Å². The second-order valence-corrected chi connectivity index (χ2v) is 8.97. The van der Waals surface area contributed by atoms with E-state index >= 15 is 0 Å². The van der Waals surface area contributed by atoms with Crippen molar-refractivity contribution in [3.05, 3.63) is 101 Å². The molecule has 0 saturated carbocycles. The van der Waals surface area contributed by atoms with Crippen LogP contribution in [0.15, 0.2) is 83.9 Å². The molecule has 136 valence electrons. The molecule has 4 aromatic rings. The van der Waals surface area contributed by atoms with E-state index in [0.717, 1.165) is 33.2 Å². The Morgan fingerprint density at radius 1 is 0.815 bits per heavy atom. The standard InChI is InChI=1S/C23H21NO2S/c1-16-8-11-19(12-9-16)27(25,26)23(18-6-4-3-5-7-18)21-15-24-22-13-10-17(2)14-20(21)22/h3-15,23-24H,1-2H3. The van der Waals surface area contributed by atoms with Gasteiger partial charge in [-0.05, 0) is 43.7 Å². The molecule has 0 spiro atoms. The summed E-state index contributed by atoms with van der Waals surface area (Å²) in [4.78, 5) is 3.57. The number of aromatic nitrogens is 1. The number of aromatic amines is 1. The first-order valence-corrected chi connectivity index (χ1v) is 10.4. The van der Waals surface area contributed by atoms with Crippen LogP contribution in [-0.4, -0.2) is 13.4 Å². The van der Waals surface area contributed by atoms with Crippen LogP contribution in [0.4, 0.5) is 0 Å². The van der Waals surface area contributed by atoms with Gasteiger partial charge in [-0.1, -0.05) is 59.7 Å². The summed E-state index contributed by atoms with van der Waals surface area (Å²) < 4.78 is 27.3. The highest BCUT2D eigenvalue weighted by molar-refractivity contribution is 7.92. The van der Waals surface area contributed by atoms with Crippen molar-refractivity contribution in [3.63, 3.8) is 0 Å². The minimum Gasteiger partial charge on any atom is -0.361 e. The molecule has 4 rings (SSSR count). The minimum atomic E-state index is -3.62. The number of benzene rings is 3. The minimum absolute atomic E-state index is 0.337. The van der Waals surface area contributed by atoms with Gasteiger partial charge in [0.1, 0.15) is 5.25 Å². The third-order valence-corrected chi connectivity index (χ3v) is 6.99. The van der Waals surface area contributed by atoms with Crippen LogP contribution in [0.1, 0.15) is 27.5 Å². The largest absolute Gasteiger partial charge is 0.361 e. The molecule has 1 atom stereocenters. The molecule has 27 heavy (non-hydrogen) atoms. The summed E-state index contributed by atoms with van der Waals surface area (Å²) in [7, 11) is -3.62. The van der Waals surface area contributed by atoms with Crippen molar-refractivity contribution in [2.75, 3.05) is 0 Å². The predicted molar refractivity (Wildman–Crippen MR) is 110 cm³/mol. The molecule has 1 aromatic heterocycles. The predicted octanol–water partition coefficient (Wildman–Crippen LogP) is 5.35. The smallest absolute Gasteiger partial charge is 0.189 e. The molecule has 0 radical (unpaired) electrons. The van der Waals surface area contributed by atoms with Crippen molar-refractivity contribution in [3.8, 4) is 0 Å². The molecule has 1 N–H and O–H groups in total. The van der Waals surface area contributed by atoms with Crippen LogP contribution in [0.3, 0.4) is 0 Å². The van der Waals surface area contributed by atoms with Gasteiger partial charge < -0.3 is 4.98 Å². The molecular weight excluding hydrogens is 354 g/mol. The number of fused-ring (bicyclic) bond motifs is 1. The van der Waals surface area contributed by atoms with E-state index in [9.17, 15) is 8.42 Å². The molecule has 3 aromatic carbocycles. The SMILES string of the molecule is Cc1ccc(S(=O)(=O)C(c2ccccc2)c2c[nH]c3ccc(C)cc23)cc1. The summed E-state index contributed by atoms with van der Waals surface area (Å²) in [5, 5.41) is 0.177. The first-order valence-electron chi connectivity index (χ1n) is 8.90. The Balaban J connectivity index is 1.98. The highest BCUT2D eigenvalue weighted by Gasteiger charge is 2.32. The zero-order valence-corrected chi connectivity index (χ0v) is 16.1. The van der Waals surface area contributed by atoms with Crippen molar-refractivity contribution in [2.24, 2.45) is 0 Å². The summed E-state index contributed by atoms with van der Waals surface area (Å²) in [5.74, 6) is 0. The van der Waals surface area contributed by atoms with Crippen LogP contribution >= 0.6 is 0 Å². The molecular formula is C23H21NO2S. The van der Waals surface area contributed by atoms with Gasteiger partial charge in [0.05, 0.1) is 4.90 Å². The van der Waals surface area contributed by atoms with Crippen LogP contribution in [0.5, 0.6) is 0 Å². The maximum absolute atomic E-state index is 13.7. The molecule has 0 aliphatic rings. The van der Waals surface area contributed by atoms with Gasteiger partial charge in [-0.15, -0.1) is 0 Å². The summed E-state index contributed by atoms with van der Waals surface area (Å²) in [6.07, 6.45) is 1.83. The molecule has 0 fully saturated rings. The van der Waals surface area contributed by atoms with Crippen molar-refractivity contribution in [2.45, 2.75) is 24.0 Å². The molecule has 0 bridgehead atoms.